The first-order valence-corrected chi connectivity index (χ1v) is 9.40. The van der Waals surface area contributed by atoms with Gasteiger partial charge in [0.2, 0.25) is 0 Å². The molecule has 0 saturated carbocycles. The third kappa shape index (κ3) is 5.38. The van der Waals surface area contributed by atoms with Gasteiger partial charge < -0.3 is 19.5 Å². The van der Waals surface area contributed by atoms with E-state index >= 15 is 0 Å². The lowest BCUT2D eigenvalue weighted by Gasteiger charge is -2.20. The topological polar surface area (TPSA) is 73.9 Å². The summed E-state index contributed by atoms with van der Waals surface area (Å²) < 4.78 is 15.5. The van der Waals surface area contributed by atoms with Crippen LogP contribution in [-0.4, -0.2) is 32.7 Å². The molecule has 3 aromatic carbocycles. The van der Waals surface area contributed by atoms with Gasteiger partial charge >= 0.3 is 5.97 Å². The molecule has 6 nitrogen and oxygen atoms in total. The Balaban J connectivity index is 1.69. The number of carbonyl (C=O) groups excluding carboxylic acids is 2. The molecule has 30 heavy (non-hydrogen) atoms. The average Bonchev–Trinajstić information content (AvgIpc) is 2.81. The molecule has 0 saturated heterocycles. The summed E-state index contributed by atoms with van der Waals surface area (Å²) in [6.07, 6.45) is 0. The molecule has 0 aliphatic heterocycles. The van der Waals surface area contributed by atoms with Crippen LogP contribution in [0, 0.1) is 0 Å². The second-order valence-corrected chi connectivity index (χ2v) is 6.49. The van der Waals surface area contributed by atoms with Gasteiger partial charge in [0, 0.05) is 0 Å². The number of rotatable bonds is 8. The normalized spacial score (nSPS) is 11.3. The van der Waals surface area contributed by atoms with Crippen molar-refractivity contribution in [3.05, 3.63) is 95.6 Å². The summed E-state index contributed by atoms with van der Waals surface area (Å²) in [6, 6.07) is 23.2. The standard InChI is InChI=1S/C24H23NO5/c1-28-20-13-11-18(12-14-20)23(17-7-4-3-5-8-17)25-22(26)16-30-24(27)19-9-6-10-21(15-19)29-2/h3-15,23H,16H2,1-2H3,(H,25,26)/t23-/m1/s1. The fraction of sp³-hybridized carbons (Fsp3) is 0.167. The predicted octanol–water partition coefficient (Wildman–Crippen LogP) is 3.77. The third-order valence-electron chi connectivity index (χ3n) is 4.53. The lowest BCUT2D eigenvalue weighted by molar-refractivity contribution is -0.124. The number of hydrogen-bond acceptors (Lipinski definition) is 5. The molecule has 1 atom stereocenters. The smallest absolute Gasteiger partial charge is 0.338 e. The molecule has 0 aliphatic rings. The van der Waals surface area contributed by atoms with Gasteiger partial charge in [0.05, 0.1) is 25.8 Å². The Hall–Kier alpha value is -3.80. The quantitative estimate of drug-likeness (QED) is 0.578. The Labute approximate surface area is 175 Å². The van der Waals surface area contributed by atoms with E-state index in [0.717, 1.165) is 16.9 Å². The van der Waals surface area contributed by atoms with Crippen LogP contribution in [0.15, 0.2) is 78.9 Å². The summed E-state index contributed by atoms with van der Waals surface area (Å²) in [7, 11) is 3.11. The summed E-state index contributed by atoms with van der Waals surface area (Å²) >= 11 is 0. The molecule has 6 heteroatoms. The SMILES string of the molecule is COc1ccc([C@H](NC(=O)COC(=O)c2cccc(OC)c2)c2ccccc2)cc1. The molecule has 0 aliphatic carbocycles. The van der Waals surface area contributed by atoms with Crippen LogP contribution in [0.25, 0.3) is 0 Å². The Morgan fingerprint density at radius 2 is 1.47 bits per heavy atom. The monoisotopic (exact) mass is 405 g/mol. The maximum atomic E-state index is 12.5. The van der Waals surface area contributed by atoms with Crippen molar-refractivity contribution < 1.29 is 23.8 Å². The van der Waals surface area contributed by atoms with Gasteiger partial charge in [-0.25, -0.2) is 4.79 Å². The van der Waals surface area contributed by atoms with Gasteiger partial charge in [0.1, 0.15) is 11.5 Å². The van der Waals surface area contributed by atoms with E-state index in [2.05, 4.69) is 5.32 Å². The zero-order valence-corrected chi connectivity index (χ0v) is 16.8. The van der Waals surface area contributed by atoms with Gasteiger partial charge in [-0.05, 0) is 41.5 Å². The van der Waals surface area contributed by atoms with Crippen LogP contribution >= 0.6 is 0 Å². The highest BCUT2D eigenvalue weighted by molar-refractivity contribution is 5.91. The molecule has 0 spiro atoms. The highest BCUT2D eigenvalue weighted by Gasteiger charge is 2.18. The van der Waals surface area contributed by atoms with Gasteiger partial charge in [-0.3, -0.25) is 4.79 Å². The summed E-state index contributed by atoms with van der Waals surface area (Å²) in [4.78, 5) is 24.8. The molecule has 3 aromatic rings. The second-order valence-electron chi connectivity index (χ2n) is 6.49. The van der Waals surface area contributed by atoms with Crippen LogP contribution in [0.1, 0.15) is 27.5 Å². The molecule has 1 amide bonds. The Bertz CT molecular complexity index is 986. The van der Waals surface area contributed by atoms with E-state index in [1.807, 2.05) is 54.6 Å². The summed E-state index contributed by atoms with van der Waals surface area (Å²) in [6.45, 7) is -0.393. The Morgan fingerprint density at radius 3 is 2.13 bits per heavy atom. The lowest BCUT2D eigenvalue weighted by atomic mass is 9.98. The van der Waals surface area contributed by atoms with Crippen molar-refractivity contribution in [2.45, 2.75) is 6.04 Å². The number of benzene rings is 3. The molecule has 0 aromatic heterocycles. The molecular weight excluding hydrogens is 382 g/mol. The predicted molar refractivity (Wildman–Crippen MR) is 113 cm³/mol. The minimum atomic E-state index is -0.593. The maximum absolute atomic E-state index is 12.5. The molecule has 154 valence electrons. The lowest BCUT2D eigenvalue weighted by Crippen LogP contribution is -2.33. The maximum Gasteiger partial charge on any atom is 0.338 e. The van der Waals surface area contributed by atoms with E-state index in [4.69, 9.17) is 14.2 Å². The fourth-order valence-electron chi connectivity index (χ4n) is 2.97. The van der Waals surface area contributed by atoms with Crippen molar-refractivity contribution >= 4 is 11.9 Å². The van der Waals surface area contributed by atoms with E-state index in [0.29, 0.717) is 11.3 Å². The highest BCUT2D eigenvalue weighted by atomic mass is 16.5. The molecule has 0 unspecified atom stereocenters. The summed E-state index contributed by atoms with van der Waals surface area (Å²) in [5.41, 5.74) is 2.11. The number of hydrogen-bond donors (Lipinski definition) is 1. The van der Waals surface area contributed by atoms with Gasteiger partial charge in [-0.15, -0.1) is 0 Å². The number of methoxy groups -OCH3 is 2. The van der Waals surface area contributed by atoms with Crippen molar-refractivity contribution in [2.75, 3.05) is 20.8 Å². The molecule has 3 rings (SSSR count). The van der Waals surface area contributed by atoms with Gasteiger partial charge in [0.15, 0.2) is 6.61 Å². The van der Waals surface area contributed by atoms with E-state index in [1.165, 1.54) is 7.11 Å². The van der Waals surface area contributed by atoms with Crippen molar-refractivity contribution in [3.63, 3.8) is 0 Å². The zero-order chi connectivity index (χ0) is 21.3. The fourth-order valence-corrected chi connectivity index (χ4v) is 2.97. The summed E-state index contributed by atoms with van der Waals surface area (Å²) in [5.74, 6) is 0.266. The van der Waals surface area contributed by atoms with E-state index < -0.39 is 18.5 Å². The number of ether oxygens (including phenoxy) is 3. The van der Waals surface area contributed by atoms with Crippen LogP contribution in [0.3, 0.4) is 0 Å². The van der Waals surface area contributed by atoms with E-state index in [1.54, 1.807) is 31.4 Å². The summed E-state index contributed by atoms with van der Waals surface area (Å²) in [5, 5.41) is 2.93. The third-order valence-corrected chi connectivity index (χ3v) is 4.53. The van der Waals surface area contributed by atoms with Crippen LogP contribution in [0.4, 0.5) is 0 Å². The van der Waals surface area contributed by atoms with Gasteiger partial charge in [-0.2, -0.15) is 0 Å². The largest absolute Gasteiger partial charge is 0.497 e. The molecule has 0 heterocycles. The minimum Gasteiger partial charge on any atom is -0.497 e. The molecular formula is C24H23NO5. The van der Waals surface area contributed by atoms with E-state index in [-0.39, 0.29) is 6.04 Å². The number of carbonyl (C=O) groups is 2. The minimum absolute atomic E-state index is 0.317. The van der Waals surface area contributed by atoms with Crippen LogP contribution in [0.5, 0.6) is 11.5 Å². The Morgan fingerprint density at radius 1 is 0.800 bits per heavy atom. The first kappa shape index (κ1) is 20.9. The molecule has 0 bridgehead atoms. The zero-order valence-electron chi connectivity index (χ0n) is 16.8. The van der Waals surface area contributed by atoms with Gasteiger partial charge in [0.25, 0.3) is 5.91 Å². The van der Waals surface area contributed by atoms with E-state index in [9.17, 15) is 9.59 Å². The van der Waals surface area contributed by atoms with Crippen LogP contribution in [-0.2, 0) is 9.53 Å². The molecule has 0 radical (unpaired) electrons. The average molecular weight is 405 g/mol. The second kappa shape index (κ2) is 10.1. The molecule has 1 N–H and O–H groups in total. The molecule has 0 fully saturated rings. The highest BCUT2D eigenvalue weighted by Crippen LogP contribution is 2.24. The van der Waals surface area contributed by atoms with Crippen molar-refractivity contribution in [2.24, 2.45) is 0 Å². The van der Waals surface area contributed by atoms with Crippen LogP contribution < -0.4 is 14.8 Å². The van der Waals surface area contributed by atoms with Crippen molar-refractivity contribution in [1.82, 2.24) is 5.32 Å². The van der Waals surface area contributed by atoms with Gasteiger partial charge in [-0.1, -0.05) is 48.5 Å². The number of nitrogens with one attached hydrogen (secondary N) is 1. The first-order valence-electron chi connectivity index (χ1n) is 9.40. The number of amides is 1. The number of esters is 1. The van der Waals surface area contributed by atoms with Crippen molar-refractivity contribution in [1.29, 1.82) is 0 Å². The van der Waals surface area contributed by atoms with Crippen LogP contribution in [0.2, 0.25) is 0 Å². The van der Waals surface area contributed by atoms with Crippen molar-refractivity contribution in [3.8, 4) is 11.5 Å². The Kier molecular flexibility index (Phi) is 7.05. The first-order chi connectivity index (χ1) is 14.6.